The van der Waals surface area contributed by atoms with Crippen LogP contribution in [0.25, 0.3) is 0 Å². The molecule has 0 saturated carbocycles. The first kappa shape index (κ1) is 16.1. The van der Waals surface area contributed by atoms with Crippen LogP contribution in [0.15, 0.2) is 48.5 Å². The van der Waals surface area contributed by atoms with Crippen molar-refractivity contribution in [2.24, 2.45) is 5.92 Å². The molecule has 1 fully saturated rings. The number of carbonyl (C=O) groups excluding carboxylic acids is 2. The van der Waals surface area contributed by atoms with E-state index in [4.69, 9.17) is 4.74 Å². The van der Waals surface area contributed by atoms with Crippen LogP contribution in [0.2, 0.25) is 0 Å². The maximum atomic E-state index is 12.5. The summed E-state index contributed by atoms with van der Waals surface area (Å²) in [6.45, 7) is 2.35. The quantitative estimate of drug-likeness (QED) is 0.940. The summed E-state index contributed by atoms with van der Waals surface area (Å²) in [4.78, 5) is 26.4. The number of rotatable bonds is 4. The number of amides is 2. The van der Waals surface area contributed by atoms with Crippen molar-refractivity contribution >= 4 is 23.2 Å². The van der Waals surface area contributed by atoms with E-state index in [1.807, 2.05) is 49.4 Å². The van der Waals surface area contributed by atoms with E-state index in [0.717, 1.165) is 16.9 Å². The van der Waals surface area contributed by atoms with Gasteiger partial charge in [0.15, 0.2) is 0 Å². The molecule has 1 atom stereocenters. The molecule has 0 radical (unpaired) electrons. The molecule has 1 aliphatic rings. The minimum atomic E-state index is -0.357. The topological polar surface area (TPSA) is 58.6 Å². The summed E-state index contributed by atoms with van der Waals surface area (Å²) in [5, 5.41) is 2.90. The van der Waals surface area contributed by atoms with E-state index in [1.165, 1.54) is 0 Å². The number of aryl methyl sites for hydroxylation is 1. The van der Waals surface area contributed by atoms with Crippen LogP contribution in [0.4, 0.5) is 11.4 Å². The molecule has 2 amide bonds. The summed E-state index contributed by atoms with van der Waals surface area (Å²) >= 11 is 0. The van der Waals surface area contributed by atoms with E-state index in [1.54, 1.807) is 18.1 Å². The zero-order chi connectivity index (χ0) is 17.1. The van der Waals surface area contributed by atoms with Crippen LogP contribution < -0.4 is 15.0 Å². The number of nitrogens with one attached hydrogen (secondary N) is 1. The highest BCUT2D eigenvalue weighted by atomic mass is 16.5. The Morgan fingerprint density at radius 2 is 2.00 bits per heavy atom. The highest BCUT2D eigenvalue weighted by Crippen LogP contribution is 2.28. The van der Waals surface area contributed by atoms with Gasteiger partial charge in [-0.1, -0.05) is 18.2 Å². The highest BCUT2D eigenvalue weighted by Gasteiger charge is 2.35. The lowest BCUT2D eigenvalue weighted by molar-refractivity contribution is -0.122. The fourth-order valence-corrected chi connectivity index (χ4v) is 2.88. The normalized spacial score (nSPS) is 17.0. The first-order valence-electron chi connectivity index (χ1n) is 7.89. The standard InChI is InChI=1S/C19H20N2O3/c1-13-5-3-6-15(9-13)20-19(23)14-10-18(22)21(12-14)16-7-4-8-17(11-16)24-2/h3-9,11,14H,10,12H2,1-2H3,(H,20,23)/t14-/m1/s1. The van der Waals surface area contributed by atoms with Crippen LogP contribution in [-0.2, 0) is 9.59 Å². The summed E-state index contributed by atoms with van der Waals surface area (Å²) < 4.78 is 5.20. The molecule has 124 valence electrons. The van der Waals surface area contributed by atoms with Crippen molar-refractivity contribution in [1.82, 2.24) is 0 Å². The number of hydrogen-bond donors (Lipinski definition) is 1. The average Bonchev–Trinajstić information content (AvgIpc) is 2.97. The van der Waals surface area contributed by atoms with Crippen LogP contribution in [0, 0.1) is 12.8 Å². The summed E-state index contributed by atoms with van der Waals surface area (Å²) in [5.74, 6) is 0.157. The Balaban J connectivity index is 1.70. The first-order chi connectivity index (χ1) is 11.6. The Morgan fingerprint density at radius 1 is 1.21 bits per heavy atom. The fraction of sp³-hybridized carbons (Fsp3) is 0.263. The van der Waals surface area contributed by atoms with E-state index >= 15 is 0 Å². The maximum absolute atomic E-state index is 12.5. The number of nitrogens with zero attached hydrogens (tertiary/aromatic N) is 1. The van der Waals surface area contributed by atoms with Crippen molar-refractivity contribution in [1.29, 1.82) is 0 Å². The van der Waals surface area contributed by atoms with Crippen LogP contribution in [0.5, 0.6) is 5.75 Å². The largest absolute Gasteiger partial charge is 0.497 e. The molecule has 1 aliphatic heterocycles. The number of anilines is 2. The monoisotopic (exact) mass is 324 g/mol. The number of hydrogen-bond acceptors (Lipinski definition) is 3. The Kier molecular flexibility index (Phi) is 4.51. The van der Waals surface area contributed by atoms with Crippen molar-refractivity contribution in [3.05, 3.63) is 54.1 Å². The molecule has 1 heterocycles. The van der Waals surface area contributed by atoms with Gasteiger partial charge in [0.2, 0.25) is 11.8 Å². The molecule has 0 aromatic heterocycles. The van der Waals surface area contributed by atoms with Gasteiger partial charge in [-0.3, -0.25) is 9.59 Å². The Hall–Kier alpha value is -2.82. The second-order valence-corrected chi connectivity index (χ2v) is 5.97. The Morgan fingerprint density at radius 3 is 2.75 bits per heavy atom. The van der Waals surface area contributed by atoms with Crippen LogP contribution in [-0.4, -0.2) is 25.5 Å². The molecule has 0 spiro atoms. The van der Waals surface area contributed by atoms with Gasteiger partial charge >= 0.3 is 0 Å². The zero-order valence-corrected chi connectivity index (χ0v) is 13.8. The van der Waals surface area contributed by atoms with Crippen LogP contribution >= 0.6 is 0 Å². The molecule has 2 aromatic rings. The number of benzene rings is 2. The lowest BCUT2D eigenvalue weighted by Crippen LogP contribution is -2.28. The molecule has 0 bridgehead atoms. The van der Waals surface area contributed by atoms with E-state index < -0.39 is 0 Å². The molecular weight excluding hydrogens is 304 g/mol. The molecule has 0 aliphatic carbocycles. The smallest absolute Gasteiger partial charge is 0.229 e. The number of carbonyl (C=O) groups is 2. The fourth-order valence-electron chi connectivity index (χ4n) is 2.88. The predicted octanol–water partition coefficient (Wildman–Crippen LogP) is 3.00. The lowest BCUT2D eigenvalue weighted by atomic mass is 10.1. The summed E-state index contributed by atoms with van der Waals surface area (Å²) in [7, 11) is 1.59. The second-order valence-electron chi connectivity index (χ2n) is 5.97. The summed E-state index contributed by atoms with van der Waals surface area (Å²) in [5.41, 5.74) is 2.59. The minimum Gasteiger partial charge on any atom is -0.497 e. The summed E-state index contributed by atoms with van der Waals surface area (Å²) in [6.07, 6.45) is 0.217. The lowest BCUT2D eigenvalue weighted by Gasteiger charge is -2.17. The molecular formula is C19H20N2O3. The van der Waals surface area contributed by atoms with E-state index in [-0.39, 0.29) is 24.2 Å². The Bertz CT molecular complexity index is 773. The van der Waals surface area contributed by atoms with Crippen molar-refractivity contribution in [3.63, 3.8) is 0 Å². The SMILES string of the molecule is COc1cccc(N2C[C@H](C(=O)Nc3cccc(C)c3)CC2=O)c1. The second kappa shape index (κ2) is 6.74. The van der Waals surface area contributed by atoms with Gasteiger partial charge in [-0.25, -0.2) is 0 Å². The van der Waals surface area contributed by atoms with Crippen molar-refractivity contribution in [2.75, 3.05) is 23.9 Å². The predicted molar refractivity (Wildman–Crippen MR) is 93.3 cm³/mol. The number of methoxy groups -OCH3 is 1. The minimum absolute atomic E-state index is 0.0485. The van der Waals surface area contributed by atoms with E-state index in [0.29, 0.717) is 12.3 Å². The average molecular weight is 324 g/mol. The molecule has 5 nitrogen and oxygen atoms in total. The van der Waals surface area contributed by atoms with E-state index in [2.05, 4.69) is 5.32 Å². The zero-order valence-electron chi connectivity index (χ0n) is 13.8. The van der Waals surface area contributed by atoms with Gasteiger partial charge < -0.3 is 15.0 Å². The third-order valence-corrected chi connectivity index (χ3v) is 4.15. The van der Waals surface area contributed by atoms with Gasteiger partial charge in [-0.2, -0.15) is 0 Å². The van der Waals surface area contributed by atoms with Crippen LogP contribution in [0.1, 0.15) is 12.0 Å². The molecule has 3 rings (SSSR count). The van der Waals surface area contributed by atoms with Crippen molar-refractivity contribution in [2.45, 2.75) is 13.3 Å². The van der Waals surface area contributed by atoms with Crippen LogP contribution in [0.3, 0.4) is 0 Å². The number of ether oxygens (including phenoxy) is 1. The molecule has 1 saturated heterocycles. The van der Waals surface area contributed by atoms with Gasteiger partial charge in [-0.05, 0) is 36.8 Å². The van der Waals surface area contributed by atoms with Gasteiger partial charge in [0.05, 0.1) is 13.0 Å². The van der Waals surface area contributed by atoms with E-state index in [9.17, 15) is 9.59 Å². The van der Waals surface area contributed by atoms with Crippen molar-refractivity contribution in [3.8, 4) is 5.75 Å². The third-order valence-electron chi connectivity index (χ3n) is 4.15. The molecule has 0 unspecified atom stereocenters. The van der Waals surface area contributed by atoms with Gasteiger partial charge in [-0.15, -0.1) is 0 Å². The molecule has 1 N–H and O–H groups in total. The molecule has 24 heavy (non-hydrogen) atoms. The highest BCUT2D eigenvalue weighted by molar-refractivity contribution is 6.03. The Labute approximate surface area is 141 Å². The van der Waals surface area contributed by atoms with Gasteiger partial charge in [0.1, 0.15) is 5.75 Å². The van der Waals surface area contributed by atoms with Gasteiger partial charge in [0, 0.05) is 30.4 Å². The molecule has 2 aromatic carbocycles. The first-order valence-corrected chi connectivity index (χ1v) is 7.89. The van der Waals surface area contributed by atoms with Gasteiger partial charge in [0.25, 0.3) is 0 Å². The molecule has 5 heteroatoms. The third kappa shape index (κ3) is 3.40. The maximum Gasteiger partial charge on any atom is 0.229 e. The van der Waals surface area contributed by atoms with Crippen molar-refractivity contribution < 1.29 is 14.3 Å². The summed E-state index contributed by atoms with van der Waals surface area (Å²) in [6, 6.07) is 14.9.